The molecule has 10 atom stereocenters. The van der Waals surface area contributed by atoms with Gasteiger partial charge in [-0.3, -0.25) is 48.0 Å². The number of methoxy groups -OCH3 is 1. The van der Waals surface area contributed by atoms with Gasteiger partial charge in [0.2, 0.25) is 43.7 Å². The third kappa shape index (κ3) is 17.0. The molecule has 0 radical (unpaired) electrons. The number of carbonyl (C=O) groups excluding carboxylic acids is 8. The number of Topliss-reactive ketones (excluding diaryl/α,β-unsaturated/α-hetero) is 2. The van der Waals surface area contributed by atoms with Crippen molar-refractivity contribution in [2.45, 2.75) is 222 Å². The summed E-state index contributed by atoms with van der Waals surface area (Å²) >= 11 is 0. The number of ketones is 2. The normalized spacial score (nSPS) is 29.5. The molecule has 3 aromatic carbocycles. The van der Waals surface area contributed by atoms with Crippen LogP contribution in [0.25, 0.3) is 0 Å². The lowest BCUT2D eigenvalue weighted by molar-refractivity contribution is -0.142. The van der Waals surface area contributed by atoms with E-state index in [1.807, 2.05) is 50.3 Å². The number of aliphatic hydroxyl groups is 1. The van der Waals surface area contributed by atoms with Crippen molar-refractivity contribution in [3.05, 3.63) is 130 Å². The Balaban J connectivity index is 0.000000155. The van der Waals surface area contributed by atoms with Gasteiger partial charge < -0.3 is 24.4 Å². The summed E-state index contributed by atoms with van der Waals surface area (Å²) in [7, 11) is -6.19. The summed E-state index contributed by atoms with van der Waals surface area (Å²) in [6.07, 6.45) is 19.9. The highest BCUT2D eigenvalue weighted by Gasteiger charge is 2.63. The fraction of sp³-hybridized carbons (Fsp3) is 0.595. The van der Waals surface area contributed by atoms with Gasteiger partial charge in [-0.15, -0.1) is 0 Å². The number of sulfonamides is 2. The zero-order chi connectivity index (χ0) is 71.4. The van der Waals surface area contributed by atoms with Gasteiger partial charge in [0.15, 0.2) is 11.6 Å². The first-order chi connectivity index (χ1) is 47.7. The number of carbonyl (C=O) groups is 8. The van der Waals surface area contributed by atoms with Gasteiger partial charge in [0, 0.05) is 68.3 Å². The molecule has 542 valence electrons. The highest BCUT2D eigenvalue weighted by atomic mass is 32.2. The number of hydrogen-bond donors (Lipinski definition) is 3. The minimum Gasteiger partial charge on any atom is -0.453 e. The van der Waals surface area contributed by atoms with E-state index in [0.717, 1.165) is 88.2 Å². The molecular weight excluding hydrogens is 1330 g/mol. The predicted molar refractivity (Wildman–Crippen MR) is 362 cm³/mol. The number of amides is 6. The molecular formula is C74H93F3N6O15S2. The van der Waals surface area contributed by atoms with Crippen LogP contribution in [0.5, 0.6) is 0 Å². The van der Waals surface area contributed by atoms with Crippen molar-refractivity contribution in [3.63, 3.8) is 0 Å². The number of aryl methyl sites for hydroxylation is 1. The van der Waals surface area contributed by atoms with Crippen LogP contribution in [0.15, 0.2) is 78.9 Å². The Kier molecular flexibility index (Phi) is 22.9. The summed E-state index contributed by atoms with van der Waals surface area (Å²) in [6.45, 7) is 4.88. The maximum absolute atomic E-state index is 14.3. The van der Waals surface area contributed by atoms with Gasteiger partial charge in [-0.05, 0) is 149 Å². The van der Waals surface area contributed by atoms with E-state index in [4.69, 9.17) is 4.74 Å². The summed E-state index contributed by atoms with van der Waals surface area (Å²) in [4.78, 5) is 111. The van der Waals surface area contributed by atoms with Crippen molar-refractivity contribution in [2.24, 2.45) is 34.5 Å². The zero-order valence-electron chi connectivity index (χ0n) is 57.2. The monoisotopic (exact) mass is 1430 g/mol. The number of allylic oxidation sites excluding steroid dienone is 4. The van der Waals surface area contributed by atoms with Crippen molar-refractivity contribution in [1.29, 1.82) is 0 Å². The van der Waals surface area contributed by atoms with Crippen LogP contribution in [0.2, 0.25) is 0 Å². The Morgan fingerprint density at radius 3 is 1.45 bits per heavy atom. The van der Waals surface area contributed by atoms with E-state index in [2.05, 4.69) is 14.2 Å². The second kappa shape index (κ2) is 31.0. The van der Waals surface area contributed by atoms with E-state index in [1.165, 1.54) is 44.4 Å². The van der Waals surface area contributed by atoms with Crippen molar-refractivity contribution >= 4 is 67.4 Å². The van der Waals surface area contributed by atoms with Crippen LogP contribution < -0.4 is 9.44 Å². The first-order valence-corrected chi connectivity index (χ1v) is 38.7. The van der Waals surface area contributed by atoms with E-state index in [-0.39, 0.29) is 116 Å². The van der Waals surface area contributed by atoms with E-state index >= 15 is 0 Å². The molecule has 4 saturated carbocycles. The molecule has 5 aliphatic carbocycles. The number of rotatable bonds is 7. The van der Waals surface area contributed by atoms with Gasteiger partial charge in [0.1, 0.15) is 23.6 Å². The van der Waals surface area contributed by atoms with Crippen LogP contribution >= 0.6 is 0 Å². The molecule has 2 saturated heterocycles. The maximum atomic E-state index is 14.3. The average Bonchev–Trinajstić information content (AvgIpc) is 1.58. The molecule has 0 spiro atoms. The topological polar surface area (TPSA) is 281 Å². The Hall–Kier alpha value is -7.45. The lowest BCUT2D eigenvalue weighted by atomic mass is 9.91. The maximum Gasteiger partial charge on any atom is 0.410 e. The number of hydrogen-bond acceptors (Lipinski definition) is 15. The van der Waals surface area contributed by atoms with Crippen molar-refractivity contribution in [1.82, 2.24) is 29.0 Å². The SMILES string of the molecule is COC(=O)N1Cc2cccc(F)c2C1.C[C@H]1CCCCC/C=C\[C@@H]2C[C@@]2(C(=O)NS(=O)(=O)C2CC2)CC(=O)[C@@H]2C[C@@H](O)CN2C1=O.C[C@H]1CCCCC/C=C\[C@@H]2C[C@@]2(C(=O)NS(=O)(=O)C2CC2)CC(=O)[C@@H]2C[C@@H](OC(=O)N3Cc4cccc(F)c4C3)CN2C1=O.Fc1cccc2c1CCC2. The van der Waals surface area contributed by atoms with E-state index < -0.39 is 89.7 Å². The molecule has 0 aromatic heterocycles. The lowest BCUT2D eigenvalue weighted by Gasteiger charge is -2.27. The Morgan fingerprint density at radius 1 is 0.540 bits per heavy atom. The Morgan fingerprint density at radius 2 is 0.990 bits per heavy atom. The quantitative estimate of drug-likeness (QED) is 0.186. The van der Waals surface area contributed by atoms with Crippen molar-refractivity contribution in [3.8, 4) is 0 Å². The van der Waals surface area contributed by atoms with Gasteiger partial charge in [-0.25, -0.2) is 39.6 Å². The van der Waals surface area contributed by atoms with Gasteiger partial charge in [-0.1, -0.05) is 100 Å². The van der Waals surface area contributed by atoms with E-state index in [9.17, 15) is 73.5 Å². The number of benzene rings is 3. The van der Waals surface area contributed by atoms with Crippen LogP contribution in [0.1, 0.15) is 182 Å². The average molecular weight is 1430 g/mol. The predicted octanol–water partition coefficient (Wildman–Crippen LogP) is 9.88. The fourth-order valence-electron chi connectivity index (χ4n) is 15.3. The molecule has 6 heterocycles. The van der Waals surface area contributed by atoms with E-state index in [1.54, 1.807) is 30.3 Å². The minimum absolute atomic E-state index is 0.0185. The minimum atomic E-state index is -3.80. The van der Waals surface area contributed by atoms with Gasteiger partial charge in [0.25, 0.3) is 0 Å². The first-order valence-electron chi connectivity index (χ1n) is 35.6. The second-order valence-corrected chi connectivity index (χ2v) is 33.2. The summed E-state index contributed by atoms with van der Waals surface area (Å²) in [6, 6.07) is 13.3. The summed E-state index contributed by atoms with van der Waals surface area (Å²) in [5.74, 6) is -3.92. The van der Waals surface area contributed by atoms with Crippen molar-refractivity contribution in [2.75, 3.05) is 20.2 Å². The van der Waals surface area contributed by atoms with Crippen LogP contribution in [0, 0.1) is 52.0 Å². The highest BCUT2D eigenvalue weighted by Crippen LogP contribution is 2.59. The molecule has 26 heteroatoms. The number of nitrogens with one attached hydrogen (secondary N) is 2. The number of fused-ring (bicyclic) bond motifs is 7. The summed E-state index contributed by atoms with van der Waals surface area (Å²) in [5.41, 5.74) is 2.47. The molecule has 3 aromatic rings. The largest absolute Gasteiger partial charge is 0.453 e. The van der Waals surface area contributed by atoms with Crippen LogP contribution in [-0.2, 0) is 97.3 Å². The molecule has 6 amide bonds. The molecule has 6 fully saturated rings. The smallest absolute Gasteiger partial charge is 0.410 e. The zero-order valence-corrected chi connectivity index (χ0v) is 58.8. The molecule has 3 N–H and O–H groups in total. The van der Waals surface area contributed by atoms with Crippen molar-refractivity contribution < 1.29 is 82.9 Å². The highest BCUT2D eigenvalue weighted by molar-refractivity contribution is 7.91. The second-order valence-electron chi connectivity index (χ2n) is 29.3. The van der Waals surface area contributed by atoms with Crippen LogP contribution in [0.4, 0.5) is 22.8 Å². The standard InChI is InChI=1S/C32H40FN3O7S.C23H34N2O6S.C10H10FNO2.C9H9F/c1-20-8-5-3-2-4-6-10-22-15-32(22,30(39)34-44(41,42)24-12-13-24)16-28(37)27-14-23(18-36(27)29(20)38)43-31(40)35-17-21-9-7-11-26(33)25(21)19-35;1-15-7-5-3-2-4-6-8-16-12-23(16,22(29)24-32(30,31)18-9-10-18)13-20(27)19-11-17(26)14-25(19)21(15)28;1-14-10(13)12-5-7-3-2-4-9(11)8(7)6-12;10-9-6-2-4-7-3-1-5-8(7)9/h6-7,9-11,20,22-24,27H,2-5,8,12-19H2,1H3,(H,34,39);6,8,15-19,26H,2-5,7,9-14H2,1H3,(H,24,29);2-4H,5-6H2,1H3;2,4,6H,1,3,5H2/b10-6-;8-6-;;/t20-,22+,23+,27-,32+;15-,16+,17+,19-,23+;;/m00../s1. The number of ether oxygens (including phenoxy) is 2. The van der Waals surface area contributed by atoms with Gasteiger partial charge >= 0.3 is 12.2 Å². The third-order valence-electron chi connectivity index (χ3n) is 21.9. The molecule has 21 nitrogen and oxygen atoms in total. The number of halogens is 3. The third-order valence-corrected chi connectivity index (χ3v) is 25.5. The fourth-order valence-corrected chi connectivity index (χ4v) is 18.1. The Labute approximate surface area is 583 Å². The van der Waals surface area contributed by atoms with Gasteiger partial charge in [0.05, 0.1) is 66.3 Å². The molecule has 0 bridgehead atoms. The summed E-state index contributed by atoms with van der Waals surface area (Å²) in [5, 5.41) is 9.10. The lowest BCUT2D eigenvalue weighted by Crippen LogP contribution is -2.46. The van der Waals surface area contributed by atoms with E-state index in [0.29, 0.717) is 74.7 Å². The molecule has 11 aliphatic rings. The molecule has 6 aliphatic heterocycles. The first kappa shape index (κ1) is 73.8. The van der Waals surface area contributed by atoms with Crippen LogP contribution in [-0.4, -0.2) is 144 Å². The number of aliphatic hydroxyl groups excluding tert-OH is 1. The Bertz CT molecular complexity index is 3940. The molecule has 14 rings (SSSR count). The van der Waals surface area contributed by atoms with Gasteiger partial charge in [-0.2, -0.15) is 0 Å². The molecule has 0 unspecified atom stereocenters. The molecule has 100 heavy (non-hydrogen) atoms. The summed E-state index contributed by atoms with van der Waals surface area (Å²) < 4.78 is 105. The van der Waals surface area contributed by atoms with Crippen LogP contribution in [0.3, 0.4) is 0 Å². The number of nitrogens with zero attached hydrogens (tertiary/aromatic N) is 4.